The molecule has 178 valence electrons. The molecule has 3 aromatic rings. The number of hydrogen-bond acceptors (Lipinski definition) is 5. The average Bonchev–Trinajstić information content (AvgIpc) is 3.10. The third-order valence-corrected chi connectivity index (χ3v) is 7.69. The van der Waals surface area contributed by atoms with Crippen molar-refractivity contribution in [2.45, 2.75) is 30.2 Å². The van der Waals surface area contributed by atoms with Crippen molar-refractivity contribution >= 4 is 27.0 Å². The SMILES string of the molecule is CN(C)C(CNC(=O)CCc1nc2cc(S(=O)(=O)N(C)C)ccc2n1C)Cc1ccccc1. The Balaban J connectivity index is 1.62. The number of carbonyl (C=O) groups is 1. The molecular weight excluding hydrogens is 438 g/mol. The highest BCUT2D eigenvalue weighted by Gasteiger charge is 2.19. The van der Waals surface area contributed by atoms with Gasteiger partial charge in [0.1, 0.15) is 5.82 Å². The Morgan fingerprint density at radius 2 is 1.79 bits per heavy atom. The van der Waals surface area contributed by atoms with Gasteiger partial charge < -0.3 is 14.8 Å². The van der Waals surface area contributed by atoms with Crippen molar-refractivity contribution in [2.75, 3.05) is 34.7 Å². The number of hydrogen-bond donors (Lipinski definition) is 1. The van der Waals surface area contributed by atoms with Crippen LogP contribution in [0.3, 0.4) is 0 Å². The van der Waals surface area contributed by atoms with E-state index in [1.807, 2.05) is 43.9 Å². The summed E-state index contributed by atoms with van der Waals surface area (Å²) in [7, 11) is 5.39. The van der Waals surface area contributed by atoms with Gasteiger partial charge in [-0.25, -0.2) is 17.7 Å². The van der Waals surface area contributed by atoms with Gasteiger partial charge in [0.25, 0.3) is 0 Å². The minimum atomic E-state index is -3.53. The molecule has 0 fully saturated rings. The highest BCUT2D eigenvalue weighted by molar-refractivity contribution is 7.89. The smallest absolute Gasteiger partial charge is 0.242 e. The molecule has 0 aliphatic rings. The van der Waals surface area contributed by atoms with E-state index in [0.717, 1.165) is 17.8 Å². The Bertz CT molecular complexity index is 1200. The van der Waals surface area contributed by atoms with Crippen LogP contribution in [0.1, 0.15) is 17.8 Å². The van der Waals surface area contributed by atoms with E-state index in [0.29, 0.717) is 24.9 Å². The number of imidazole rings is 1. The van der Waals surface area contributed by atoms with Crippen LogP contribution in [-0.2, 0) is 34.7 Å². The second-order valence-electron chi connectivity index (χ2n) is 8.64. The number of likely N-dealkylation sites (N-methyl/N-ethyl adjacent to an activating group) is 1. The Morgan fingerprint density at radius 1 is 1.09 bits per heavy atom. The summed E-state index contributed by atoms with van der Waals surface area (Å²) < 4.78 is 27.9. The lowest BCUT2D eigenvalue weighted by molar-refractivity contribution is -0.121. The Hall–Kier alpha value is -2.75. The van der Waals surface area contributed by atoms with Crippen LogP contribution in [0.2, 0.25) is 0 Å². The van der Waals surface area contributed by atoms with Crippen LogP contribution >= 0.6 is 0 Å². The predicted octanol–water partition coefficient (Wildman–Crippen LogP) is 2.05. The first-order chi connectivity index (χ1) is 15.6. The number of aryl methyl sites for hydroxylation is 2. The minimum absolute atomic E-state index is 0.0298. The maximum atomic E-state index is 12.5. The van der Waals surface area contributed by atoms with E-state index >= 15 is 0 Å². The molecule has 3 rings (SSSR count). The first-order valence-electron chi connectivity index (χ1n) is 10.9. The zero-order valence-electron chi connectivity index (χ0n) is 19.9. The van der Waals surface area contributed by atoms with Crippen LogP contribution in [-0.4, -0.2) is 73.9 Å². The molecule has 9 heteroatoms. The Kier molecular flexibility index (Phi) is 7.88. The number of fused-ring (bicyclic) bond motifs is 1. The van der Waals surface area contributed by atoms with Crippen LogP contribution in [0.25, 0.3) is 11.0 Å². The lowest BCUT2D eigenvalue weighted by atomic mass is 10.1. The number of amides is 1. The molecule has 0 aliphatic carbocycles. The molecule has 33 heavy (non-hydrogen) atoms. The van der Waals surface area contributed by atoms with Crippen LogP contribution in [0.5, 0.6) is 0 Å². The molecule has 1 unspecified atom stereocenters. The number of nitrogens with zero attached hydrogens (tertiary/aromatic N) is 4. The molecule has 0 bridgehead atoms. The summed E-state index contributed by atoms with van der Waals surface area (Å²) in [6, 6.07) is 15.4. The standard InChI is InChI=1S/C24H33N5O3S/c1-27(2)19(15-18-9-7-6-8-10-18)17-25-24(30)14-13-23-26-21-16-20(33(31,32)28(3)4)11-12-22(21)29(23)5/h6-12,16,19H,13-15,17H2,1-5H3,(H,25,30). The maximum Gasteiger partial charge on any atom is 0.242 e. The quantitative estimate of drug-likeness (QED) is 0.489. The largest absolute Gasteiger partial charge is 0.355 e. The van der Waals surface area contributed by atoms with Gasteiger partial charge in [0, 0.05) is 46.6 Å². The fourth-order valence-corrected chi connectivity index (χ4v) is 4.62. The molecule has 1 atom stereocenters. The number of aromatic nitrogens is 2. The van der Waals surface area contributed by atoms with Gasteiger partial charge in [-0.2, -0.15) is 0 Å². The van der Waals surface area contributed by atoms with E-state index in [9.17, 15) is 13.2 Å². The summed E-state index contributed by atoms with van der Waals surface area (Å²) in [5.74, 6) is 0.714. The zero-order valence-corrected chi connectivity index (χ0v) is 20.8. The molecule has 1 heterocycles. The summed E-state index contributed by atoms with van der Waals surface area (Å²) in [6.45, 7) is 0.565. The molecule has 1 amide bonds. The highest BCUT2D eigenvalue weighted by atomic mass is 32.2. The maximum absolute atomic E-state index is 12.5. The first kappa shape index (κ1) is 24.9. The van der Waals surface area contributed by atoms with Gasteiger partial charge in [-0.15, -0.1) is 0 Å². The van der Waals surface area contributed by atoms with Gasteiger partial charge in [-0.1, -0.05) is 30.3 Å². The van der Waals surface area contributed by atoms with Crippen LogP contribution in [0.15, 0.2) is 53.4 Å². The van der Waals surface area contributed by atoms with Gasteiger partial charge in [-0.05, 0) is 44.3 Å². The molecule has 1 N–H and O–H groups in total. The third kappa shape index (κ3) is 5.98. The third-order valence-electron chi connectivity index (χ3n) is 5.88. The minimum Gasteiger partial charge on any atom is -0.355 e. The van der Waals surface area contributed by atoms with E-state index in [4.69, 9.17) is 0 Å². The first-order valence-corrected chi connectivity index (χ1v) is 12.4. The van der Waals surface area contributed by atoms with Crippen LogP contribution in [0.4, 0.5) is 0 Å². The van der Waals surface area contributed by atoms with Gasteiger partial charge in [-0.3, -0.25) is 4.79 Å². The topological polar surface area (TPSA) is 87.5 Å². The summed E-state index contributed by atoms with van der Waals surface area (Å²) >= 11 is 0. The Labute approximate surface area is 196 Å². The van der Waals surface area contributed by atoms with Crippen LogP contribution in [0, 0.1) is 0 Å². The fourth-order valence-electron chi connectivity index (χ4n) is 3.69. The molecule has 0 spiro atoms. The van der Waals surface area contributed by atoms with Gasteiger partial charge in [0.15, 0.2) is 0 Å². The van der Waals surface area contributed by atoms with Crippen molar-refractivity contribution in [3.8, 4) is 0 Å². The molecule has 8 nitrogen and oxygen atoms in total. The van der Waals surface area contributed by atoms with Crippen molar-refractivity contribution in [1.29, 1.82) is 0 Å². The monoisotopic (exact) mass is 471 g/mol. The average molecular weight is 472 g/mol. The fraction of sp³-hybridized carbons (Fsp3) is 0.417. The predicted molar refractivity (Wildman–Crippen MR) is 131 cm³/mol. The number of benzene rings is 2. The van der Waals surface area contributed by atoms with E-state index in [-0.39, 0.29) is 16.8 Å². The zero-order chi connectivity index (χ0) is 24.2. The number of nitrogens with one attached hydrogen (secondary N) is 1. The summed E-state index contributed by atoms with van der Waals surface area (Å²) in [4.78, 5) is 19.4. The molecule has 0 saturated heterocycles. The van der Waals surface area contributed by atoms with E-state index in [1.54, 1.807) is 18.2 Å². The molecule has 0 radical (unpaired) electrons. The molecule has 1 aromatic heterocycles. The molecule has 2 aromatic carbocycles. The highest BCUT2D eigenvalue weighted by Crippen LogP contribution is 2.21. The lowest BCUT2D eigenvalue weighted by Crippen LogP contribution is -2.41. The molecule has 0 saturated carbocycles. The van der Waals surface area contributed by atoms with Crippen LogP contribution < -0.4 is 5.32 Å². The van der Waals surface area contributed by atoms with Crippen molar-refractivity contribution < 1.29 is 13.2 Å². The summed E-state index contributed by atoms with van der Waals surface area (Å²) in [6.07, 6.45) is 1.64. The summed E-state index contributed by atoms with van der Waals surface area (Å²) in [5.41, 5.74) is 2.67. The van der Waals surface area contributed by atoms with Gasteiger partial charge in [0.05, 0.1) is 15.9 Å². The van der Waals surface area contributed by atoms with Gasteiger partial charge >= 0.3 is 0 Å². The lowest BCUT2D eigenvalue weighted by Gasteiger charge is -2.24. The molecular formula is C24H33N5O3S. The summed E-state index contributed by atoms with van der Waals surface area (Å²) in [5, 5.41) is 3.05. The van der Waals surface area contributed by atoms with Crippen molar-refractivity contribution in [3.63, 3.8) is 0 Å². The van der Waals surface area contributed by atoms with E-state index in [2.05, 4.69) is 27.3 Å². The molecule has 0 aliphatic heterocycles. The van der Waals surface area contributed by atoms with E-state index < -0.39 is 10.0 Å². The van der Waals surface area contributed by atoms with Crippen molar-refractivity contribution in [3.05, 3.63) is 59.9 Å². The van der Waals surface area contributed by atoms with Gasteiger partial charge in [0.2, 0.25) is 15.9 Å². The van der Waals surface area contributed by atoms with Crippen molar-refractivity contribution in [2.24, 2.45) is 7.05 Å². The number of carbonyl (C=O) groups excluding carboxylic acids is 1. The number of rotatable bonds is 10. The normalized spacial score (nSPS) is 13.1. The second kappa shape index (κ2) is 10.5. The Morgan fingerprint density at radius 3 is 2.42 bits per heavy atom. The second-order valence-corrected chi connectivity index (χ2v) is 10.8. The van der Waals surface area contributed by atoms with E-state index in [1.165, 1.54) is 24.0 Å². The van der Waals surface area contributed by atoms with Crippen molar-refractivity contribution in [1.82, 2.24) is 24.1 Å². The number of sulfonamides is 1.